The minimum absolute atomic E-state index is 0.128. The van der Waals surface area contributed by atoms with Crippen molar-refractivity contribution in [2.45, 2.75) is 25.9 Å². The van der Waals surface area contributed by atoms with Gasteiger partial charge in [-0.1, -0.05) is 30.3 Å². The Kier molecular flexibility index (Phi) is 5.57. The number of methoxy groups -OCH3 is 1. The van der Waals surface area contributed by atoms with E-state index in [-0.39, 0.29) is 11.5 Å². The third kappa shape index (κ3) is 4.11. The van der Waals surface area contributed by atoms with Crippen molar-refractivity contribution >= 4 is 5.91 Å². The van der Waals surface area contributed by atoms with Crippen LogP contribution >= 0.6 is 0 Å². The van der Waals surface area contributed by atoms with Crippen molar-refractivity contribution in [1.82, 2.24) is 9.47 Å². The highest BCUT2D eigenvalue weighted by molar-refractivity contribution is 5.94. The summed E-state index contributed by atoms with van der Waals surface area (Å²) in [6.45, 7) is 4.83. The van der Waals surface area contributed by atoms with E-state index in [9.17, 15) is 9.59 Å². The molecule has 2 rings (SSSR count). The largest absolute Gasteiger partial charge is 0.382 e. The number of rotatable bonds is 6. The molecule has 0 N–H and O–H groups in total. The molecule has 5 nitrogen and oxygen atoms in total. The molecule has 0 unspecified atom stereocenters. The molecule has 1 aromatic heterocycles. The van der Waals surface area contributed by atoms with Crippen molar-refractivity contribution in [3.05, 3.63) is 70.1 Å². The Morgan fingerprint density at radius 3 is 2.42 bits per heavy atom. The van der Waals surface area contributed by atoms with E-state index in [1.165, 1.54) is 10.6 Å². The fourth-order valence-corrected chi connectivity index (χ4v) is 2.63. The lowest BCUT2D eigenvalue weighted by molar-refractivity contribution is 0.0230. The van der Waals surface area contributed by atoms with E-state index in [1.54, 1.807) is 31.3 Å². The molecular formula is C19H24N2O3. The number of carbonyl (C=O) groups excluding carboxylic acids is 1. The highest BCUT2D eigenvalue weighted by Gasteiger charge is 2.32. The van der Waals surface area contributed by atoms with Gasteiger partial charge in [-0.2, -0.15) is 0 Å². The lowest BCUT2D eigenvalue weighted by atomic mass is 10.0. The Bertz CT molecular complexity index is 751. The summed E-state index contributed by atoms with van der Waals surface area (Å²) in [5.41, 5.74) is 0.894. The summed E-state index contributed by atoms with van der Waals surface area (Å²) in [6.07, 6.45) is 1.57. The van der Waals surface area contributed by atoms with Crippen molar-refractivity contribution in [3.8, 4) is 0 Å². The van der Waals surface area contributed by atoms with Crippen LogP contribution in [0.1, 0.15) is 29.8 Å². The van der Waals surface area contributed by atoms with Gasteiger partial charge in [0.1, 0.15) is 0 Å². The van der Waals surface area contributed by atoms with Gasteiger partial charge in [-0.05, 0) is 25.5 Å². The van der Waals surface area contributed by atoms with E-state index in [2.05, 4.69) is 0 Å². The Labute approximate surface area is 142 Å². The normalized spacial score (nSPS) is 11.3. The highest BCUT2D eigenvalue weighted by atomic mass is 16.5. The van der Waals surface area contributed by atoms with Gasteiger partial charge in [-0.3, -0.25) is 9.59 Å². The fourth-order valence-electron chi connectivity index (χ4n) is 2.63. The molecular weight excluding hydrogens is 304 g/mol. The van der Waals surface area contributed by atoms with E-state index < -0.39 is 5.54 Å². The van der Waals surface area contributed by atoms with Crippen LogP contribution in [-0.4, -0.2) is 34.6 Å². The number of hydrogen-bond acceptors (Lipinski definition) is 3. The first-order chi connectivity index (χ1) is 11.3. The van der Waals surface area contributed by atoms with Crippen LogP contribution in [0.5, 0.6) is 0 Å². The molecule has 0 aliphatic heterocycles. The number of ether oxygens (including phenoxy) is 1. The lowest BCUT2D eigenvalue weighted by Gasteiger charge is -2.38. The molecule has 1 heterocycles. The van der Waals surface area contributed by atoms with Crippen molar-refractivity contribution < 1.29 is 9.53 Å². The molecule has 128 valence electrons. The molecule has 0 saturated heterocycles. The molecule has 5 heteroatoms. The zero-order valence-electron chi connectivity index (χ0n) is 14.7. The lowest BCUT2D eigenvalue weighted by Crippen LogP contribution is -2.50. The smallest absolute Gasteiger partial charge is 0.256 e. The third-order valence-electron chi connectivity index (χ3n) is 3.99. The van der Waals surface area contributed by atoms with Crippen LogP contribution in [0.3, 0.4) is 0 Å². The van der Waals surface area contributed by atoms with Crippen molar-refractivity contribution in [3.63, 3.8) is 0 Å². The summed E-state index contributed by atoms with van der Waals surface area (Å²) < 4.78 is 6.72. The van der Waals surface area contributed by atoms with Gasteiger partial charge in [0, 0.05) is 33.0 Å². The molecule has 0 atom stereocenters. The number of pyridine rings is 1. The predicted octanol–water partition coefficient (Wildman–Crippen LogP) is 2.45. The average Bonchev–Trinajstić information content (AvgIpc) is 2.55. The van der Waals surface area contributed by atoms with Gasteiger partial charge in [0.15, 0.2) is 0 Å². The number of aromatic nitrogens is 1. The molecule has 0 aliphatic carbocycles. The molecule has 0 bridgehead atoms. The minimum Gasteiger partial charge on any atom is -0.382 e. The van der Waals surface area contributed by atoms with Crippen LogP contribution in [0, 0.1) is 0 Å². The molecule has 0 saturated carbocycles. The summed E-state index contributed by atoms with van der Waals surface area (Å²) >= 11 is 0. The second-order valence-electron chi connectivity index (χ2n) is 6.49. The summed E-state index contributed by atoms with van der Waals surface area (Å²) in [5, 5.41) is 0. The van der Waals surface area contributed by atoms with Crippen LogP contribution in [-0.2, 0) is 18.3 Å². The van der Waals surface area contributed by atoms with E-state index in [0.717, 1.165) is 5.56 Å². The van der Waals surface area contributed by atoms with Crippen LogP contribution in [0.25, 0.3) is 0 Å². The molecule has 1 aromatic carbocycles. The maximum Gasteiger partial charge on any atom is 0.256 e. The number of nitrogens with zero attached hydrogens (tertiary/aromatic N) is 2. The predicted molar refractivity (Wildman–Crippen MR) is 94.0 cm³/mol. The van der Waals surface area contributed by atoms with Gasteiger partial charge in [-0.15, -0.1) is 0 Å². The van der Waals surface area contributed by atoms with Gasteiger partial charge < -0.3 is 14.2 Å². The zero-order chi connectivity index (χ0) is 17.7. The van der Waals surface area contributed by atoms with Crippen molar-refractivity contribution in [2.24, 2.45) is 7.05 Å². The van der Waals surface area contributed by atoms with Gasteiger partial charge in [0.25, 0.3) is 5.91 Å². The van der Waals surface area contributed by atoms with E-state index in [0.29, 0.717) is 18.7 Å². The van der Waals surface area contributed by atoms with Crippen LogP contribution in [0.2, 0.25) is 0 Å². The Morgan fingerprint density at radius 2 is 1.83 bits per heavy atom. The van der Waals surface area contributed by atoms with E-state index in [1.807, 2.05) is 44.2 Å². The fraction of sp³-hybridized carbons (Fsp3) is 0.368. The summed E-state index contributed by atoms with van der Waals surface area (Å²) in [5.74, 6) is -0.128. The van der Waals surface area contributed by atoms with Crippen LogP contribution in [0.15, 0.2) is 53.5 Å². The summed E-state index contributed by atoms with van der Waals surface area (Å²) in [4.78, 5) is 26.4. The molecule has 2 aromatic rings. The SMILES string of the molecule is COCC(C)(C)N(Cc1ccccc1)C(=O)c1ccc(=O)n(C)c1. The standard InChI is InChI=1S/C19H24N2O3/c1-19(2,14-24-4)21(12-15-8-6-5-7-9-15)18(23)16-10-11-17(22)20(3)13-16/h5-11,13H,12,14H2,1-4H3. The second kappa shape index (κ2) is 7.45. The average molecular weight is 328 g/mol. The second-order valence-corrected chi connectivity index (χ2v) is 6.49. The zero-order valence-corrected chi connectivity index (χ0v) is 14.7. The van der Waals surface area contributed by atoms with Gasteiger partial charge in [0.05, 0.1) is 17.7 Å². The third-order valence-corrected chi connectivity index (χ3v) is 3.99. The van der Waals surface area contributed by atoms with Crippen molar-refractivity contribution in [2.75, 3.05) is 13.7 Å². The van der Waals surface area contributed by atoms with Crippen LogP contribution < -0.4 is 5.56 Å². The quantitative estimate of drug-likeness (QED) is 0.818. The van der Waals surface area contributed by atoms with Gasteiger partial charge in [-0.25, -0.2) is 0 Å². The number of carbonyl (C=O) groups is 1. The topological polar surface area (TPSA) is 51.5 Å². The summed E-state index contributed by atoms with van der Waals surface area (Å²) in [7, 11) is 3.26. The summed E-state index contributed by atoms with van der Waals surface area (Å²) in [6, 6.07) is 12.8. The number of benzene rings is 1. The Morgan fingerprint density at radius 1 is 1.17 bits per heavy atom. The molecule has 24 heavy (non-hydrogen) atoms. The Hall–Kier alpha value is -2.40. The molecule has 0 aliphatic rings. The highest BCUT2D eigenvalue weighted by Crippen LogP contribution is 2.21. The van der Waals surface area contributed by atoms with E-state index in [4.69, 9.17) is 4.74 Å². The number of aryl methyl sites for hydroxylation is 1. The first kappa shape index (κ1) is 17.9. The van der Waals surface area contributed by atoms with Gasteiger partial charge >= 0.3 is 0 Å². The minimum atomic E-state index is -0.490. The number of hydrogen-bond donors (Lipinski definition) is 0. The molecule has 0 fully saturated rings. The maximum absolute atomic E-state index is 13.1. The van der Waals surface area contributed by atoms with Gasteiger partial charge in [0.2, 0.25) is 5.56 Å². The first-order valence-electron chi connectivity index (χ1n) is 7.86. The first-order valence-corrected chi connectivity index (χ1v) is 7.86. The van der Waals surface area contributed by atoms with E-state index >= 15 is 0 Å². The maximum atomic E-state index is 13.1. The monoisotopic (exact) mass is 328 g/mol. The molecule has 0 radical (unpaired) electrons. The molecule has 1 amide bonds. The van der Waals surface area contributed by atoms with Crippen LogP contribution in [0.4, 0.5) is 0 Å². The molecule has 0 spiro atoms. The number of amides is 1. The van der Waals surface area contributed by atoms with Crippen molar-refractivity contribution in [1.29, 1.82) is 0 Å². The Balaban J connectivity index is 2.38.